The van der Waals surface area contributed by atoms with Crippen molar-refractivity contribution in [2.45, 2.75) is 25.3 Å². The maximum Gasteiger partial charge on any atom is 0.162 e. The average Bonchev–Trinajstić information content (AvgIpc) is 2.74. The van der Waals surface area contributed by atoms with Crippen molar-refractivity contribution in [2.75, 3.05) is 33.5 Å². The molecular weight excluding hydrogens is 334 g/mol. The zero-order valence-corrected chi connectivity index (χ0v) is 13.9. The molecule has 1 aromatic rings. The van der Waals surface area contributed by atoms with Gasteiger partial charge in [0.25, 0.3) is 0 Å². The van der Waals surface area contributed by atoms with Crippen molar-refractivity contribution >= 4 is 15.9 Å². The highest BCUT2D eigenvalue weighted by molar-refractivity contribution is 9.10. The number of hydrogen-bond donors (Lipinski definition) is 1. The summed E-state index contributed by atoms with van der Waals surface area (Å²) >= 11 is 3.70. The van der Waals surface area contributed by atoms with Gasteiger partial charge in [0.2, 0.25) is 0 Å². The fraction of sp³-hybridized carbons (Fsp3) is 0.625. The molecule has 0 aliphatic carbocycles. The van der Waals surface area contributed by atoms with Gasteiger partial charge in [-0.25, -0.2) is 0 Å². The Labute approximate surface area is 134 Å². The second kappa shape index (κ2) is 6.99. The minimum atomic E-state index is 0.306. The number of rotatable bonds is 3. The number of ether oxygens (including phenoxy) is 3. The van der Waals surface area contributed by atoms with Crippen molar-refractivity contribution in [3.8, 4) is 11.5 Å². The Morgan fingerprint density at radius 1 is 1.10 bits per heavy atom. The summed E-state index contributed by atoms with van der Waals surface area (Å²) in [4.78, 5) is 0. The van der Waals surface area contributed by atoms with Crippen molar-refractivity contribution in [2.24, 2.45) is 5.92 Å². The Morgan fingerprint density at radius 2 is 1.76 bits per heavy atom. The lowest BCUT2D eigenvalue weighted by Gasteiger charge is -2.31. The monoisotopic (exact) mass is 355 g/mol. The number of fused-ring (bicyclic) bond motifs is 1. The fourth-order valence-corrected chi connectivity index (χ4v) is 3.70. The molecule has 3 rings (SSSR count). The van der Waals surface area contributed by atoms with Crippen LogP contribution in [0.3, 0.4) is 0 Å². The molecule has 1 atom stereocenters. The Kier molecular flexibility index (Phi) is 5.03. The van der Waals surface area contributed by atoms with Crippen LogP contribution in [0.1, 0.15) is 30.9 Å². The van der Waals surface area contributed by atoms with Gasteiger partial charge in [0.15, 0.2) is 11.5 Å². The number of benzene rings is 1. The van der Waals surface area contributed by atoms with Crippen molar-refractivity contribution < 1.29 is 14.2 Å². The van der Waals surface area contributed by atoms with E-state index in [1.165, 1.54) is 5.56 Å². The van der Waals surface area contributed by atoms with Gasteiger partial charge in [0.1, 0.15) is 0 Å². The largest absolute Gasteiger partial charge is 0.490 e. The molecule has 1 saturated heterocycles. The standard InChI is InChI=1S/C16H22BrNO3/c1-18-16(11-3-7-19-8-4-11)12-9-14-15(10-13(12)17)21-6-2-5-20-14/h9-11,16,18H,2-8H2,1H3. The van der Waals surface area contributed by atoms with E-state index in [4.69, 9.17) is 14.2 Å². The molecule has 1 unspecified atom stereocenters. The molecule has 21 heavy (non-hydrogen) atoms. The van der Waals surface area contributed by atoms with E-state index in [2.05, 4.69) is 27.3 Å². The normalized spacial score (nSPS) is 20.9. The molecule has 1 aromatic carbocycles. The summed E-state index contributed by atoms with van der Waals surface area (Å²) in [6.45, 7) is 3.14. The summed E-state index contributed by atoms with van der Waals surface area (Å²) in [5.74, 6) is 2.28. The van der Waals surface area contributed by atoms with Gasteiger partial charge in [-0.05, 0) is 43.5 Å². The summed E-state index contributed by atoms with van der Waals surface area (Å²) in [6.07, 6.45) is 3.11. The predicted octanol–water partition coefficient (Wildman–Crippen LogP) is 3.30. The molecular formula is C16H22BrNO3. The van der Waals surface area contributed by atoms with Gasteiger partial charge in [-0.3, -0.25) is 0 Å². The maximum atomic E-state index is 5.83. The average molecular weight is 356 g/mol. The second-order valence-corrected chi connectivity index (χ2v) is 6.44. The summed E-state index contributed by atoms with van der Waals surface area (Å²) in [5.41, 5.74) is 1.24. The second-order valence-electron chi connectivity index (χ2n) is 5.59. The molecule has 2 heterocycles. The van der Waals surface area contributed by atoms with Crippen LogP contribution in [0.15, 0.2) is 16.6 Å². The van der Waals surface area contributed by atoms with E-state index in [1.54, 1.807) is 0 Å². The third-order valence-electron chi connectivity index (χ3n) is 4.25. The molecule has 4 nitrogen and oxygen atoms in total. The van der Waals surface area contributed by atoms with Crippen LogP contribution >= 0.6 is 15.9 Å². The molecule has 0 bridgehead atoms. The Hall–Kier alpha value is -0.780. The molecule has 0 aromatic heterocycles. The van der Waals surface area contributed by atoms with Crippen molar-refractivity contribution in [3.05, 3.63) is 22.2 Å². The summed E-state index contributed by atoms with van der Waals surface area (Å²) in [7, 11) is 2.02. The molecule has 2 aliphatic rings. The van der Waals surface area contributed by atoms with Crippen LogP contribution in [-0.2, 0) is 4.74 Å². The van der Waals surface area contributed by atoms with Gasteiger partial charge in [0, 0.05) is 30.1 Å². The first-order valence-electron chi connectivity index (χ1n) is 7.63. The Morgan fingerprint density at radius 3 is 2.43 bits per heavy atom. The lowest BCUT2D eigenvalue weighted by molar-refractivity contribution is 0.0545. The van der Waals surface area contributed by atoms with Crippen LogP contribution in [0.4, 0.5) is 0 Å². The Balaban J connectivity index is 1.90. The van der Waals surface area contributed by atoms with E-state index in [0.717, 1.165) is 55.1 Å². The topological polar surface area (TPSA) is 39.7 Å². The highest BCUT2D eigenvalue weighted by Gasteiger charge is 2.27. The van der Waals surface area contributed by atoms with Gasteiger partial charge in [-0.2, -0.15) is 0 Å². The number of hydrogen-bond acceptors (Lipinski definition) is 4. The molecule has 2 aliphatic heterocycles. The van der Waals surface area contributed by atoms with Gasteiger partial charge in [-0.15, -0.1) is 0 Å². The summed E-state index contributed by atoms with van der Waals surface area (Å²) in [5, 5.41) is 3.47. The number of nitrogens with one attached hydrogen (secondary N) is 1. The maximum absolute atomic E-state index is 5.83. The summed E-state index contributed by atoms with van der Waals surface area (Å²) < 4.78 is 18.1. The van der Waals surface area contributed by atoms with Gasteiger partial charge < -0.3 is 19.5 Å². The molecule has 116 valence electrons. The summed E-state index contributed by atoms with van der Waals surface area (Å²) in [6, 6.07) is 4.47. The lowest BCUT2D eigenvalue weighted by atomic mass is 9.87. The van der Waals surface area contributed by atoms with Crippen LogP contribution in [0.2, 0.25) is 0 Å². The van der Waals surface area contributed by atoms with Crippen molar-refractivity contribution in [1.29, 1.82) is 0 Å². The third kappa shape index (κ3) is 3.35. The molecule has 0 spiro atoms. The molecule has 1 fully saturated rings. The molecule has 0 saturated carbocycles. The smallest absolute Gasteiger partial charge is 0.162 e. The van der Waals surface area contributed by atoms with Crippen LogP contribution in [0, 0.1) is 5.92 Å². The molecule has 0 radical (unpaired) electrons. The van der Waals surface area contributed by atoms with Gasteiger partial charge >= 0.3 is 0 Å². The zero-order chi connectivity index (χ0) is 14.7. The quantitative estimate of drug-likeness (QED) is 0.902. The van der Waals surface area contributed by atoms with Crippen molar-refractivity contribution in [1.82, 2.24) is 5.32 Å². The molecule has 1 N–H and O–H groups in total. The van der Waals surface area contributed by atoms with E-state index < -0.39 is 0 Å². The van der Waals surface area contributed by atoms with E-state index in [1.807, 2.05) is 13.1 Å². The highest BCUT2D eigenvalue weighted by atomic mass is 79.9. The predicted molar refractivity (Wildman–Crippen MR) is 85.1 cm³/mol. The van der Waals surface area contributed by atoms with Crippen LogP contribution in [-0.4, -0.2) is 33.5 Å². The van der Waals surface area contributed by atoms with E-state index >= 15 is 0 Å². The first-order chi connectivity index (χ1) is 10.3. The van der Waals surface area contributed by atoms with Gasteiger partial charge in [-0.1, -0.05) is 15.9 Å². The zero-order valence-electron chi connectivity index (χ0n) is 12.4. The minimum absolute atomic E-state index is 0.306. The third-order valence-corrected chi connectivity index (χ3v) is 4.94. The van der Waals surface area contributed by atoms with Crippen LogP contribution in [0.25, 0.3) is 0 Å². The lowest BCUT2D eigenvalue weighted by Crippen LogP contribution is -2.30. The minimum Gasteiger partial charge on any atom is -0.490 e. The van der Waals surface area contributed by atoms with Crippen LogP contribution in [0.5, 0.6) is 11.5 Å². The highest BCUT2D eigenvalue weighted by Crippen LogP contribution is 2.40. The first-order valence-corrected chi connectivity index (χ1v) is 8.43. The van der Waals surface area contributed by atoms with Crippen molar-refractivity contribution in [3.63, 3.8) is 0 Å². The van der Waals surface area contributed by atoms with E-state index in [-0.39, 0.29) is 0 Å². The van der Waals surface area contributed by atoms with E-state index in [0.29, 0.717) is 18.6 Å². The fourth-order valence-electron chi connectivity index (χ4n) is 3.13. The molecule has 5 heteroatoms. The number of halogens is 1. The Bertz CT molecular complexity index is 489. The molecule has 0 amide bonds. The SMILES string of the molecule is CNC(c1cc2c(cc1Br)OCCCO2)C1CCOCC1. The van der Waals surface area contributed by atoms with Gasteiger partial charge in [0.05, 0.1) is 13.2 Å². The van der Waals surface area contributed by atoms with Crippen LogP contribution < -0.4 is 14.8 Å². The van der Waals surface area contributed by atoms with E-state index in [9.17, 15) is 0 Å². The first kappa shape index (κ1) is 15.1.